The van der Waals surface area contributed by atoms with Crippen LogP contribution < -0.4 is 21.9 Å². The third-order valence-electron chi connectivity index (χ3n) is 1.93. The van der Waals surface area contributed by atoms with Crippen molar-refractivity contribution in [3.05, 3.63) is 11.1 Å². The molecular weight excluding hydrogens is 274 g/mol. The Morgan fingerprint density at radius 1 is 1.63 bits per heavy atom. The average Bonchev–Trinajstić information content (AvgIpc) is 2.84. The fourth-order valence-electron chi connectivity index (χ4n) is 1.19. The predicted octanol–water partition coefficient (Wildman–Crippen LogP) is -0.511. The normalized spacial score (nSPS) is 11.3. The number of hydrogen-bond acceptors (Lipinski definition) is 7. The van der Waals surface area contributed by atoms with E-state index in [0.29, 0.717) is 11.5 Å². The summed E-state index contributed by atoms with van der Waals surface area (Å²) in [6, 6.07) is -1.85. The summed E-state index contributed by atoms with van der Waals surface area (Å²) in [7, 11) is 0. The molecular formula is C9H13N5O4S. The molecule has 1 aromatic rings. The minimum absolute atomic E-state index is 0.158. The summed E-state index contributed by atoms with van der Waals surface area (Å²) in [5, 5.41) is 6.46. The number of nitrogens with two attached hydrogens (primary N) is 1. The molecule has 1 rings (SSSR count). The van der Waals surface area contributed by atoms with Crippen molar-refractivity contribution in [3.8, 4) is 0 Å². The lowest BCUT2D eigenvalue weighted by Crippen LogP contribution is -2.44. The molecule has 19 heavy (non-hydrogen) atoms. The van der Waals surface area contributed by atoms with Gasteiger partial charge in [-0.3, -0.25) is 10.2 Å². The molecule has 0 spiro atoms. The first kappa shape index (κ1) is 14.9. The second-order valence-electron chi connectivity index (χ2n) is 3.14. The Balaban J connectivity index is 2.89. The number of hydrogen-bond donors (Lipinski definition) is 4. The Hall–Kier alpha value is -2.20. The van der Waals surface area contributed by atoms with Gasteiger partial charge in [-0.2, -0.15) is 0 Å². The number of rotatable bonds is 6. The topological polar surface area (TPSA) is 135 Å². The van der Waals surface area contributed by atoms with Crippen LogP contribution in [0.2, 0.25) is 0 Å². The van der Waals surface area contributed by atoms with Gasteiger partial charge >= 0.3 is 12.0 Å². The van der Waals surface area contributed by atoms with Crippen LogP contribution in [0.15, 0.2) is 5.38 Å². The van der Waals surface area contributed by atoms with Crippen molar-refractivity contribution in [1.82, 2.24) is 15.7 Å². The largest absolute Gasteiger partial charge is 0.464 e. The van der Waals surface area contributed by atoms with E-state index < -0.39 is 18.0 Å². The third-order valence-corrected chi connectivity index (χ3v) is 2.72. The first-order valence-electron chi connectivity index (χ1n) is 5.21. The van der Waals surface area contributed by atoms with Gasteiger partial charge in [-0.05, 0) is 6.92 Å². The highest BCUT2D eigenvalue weighted by Gasteiger charge is 2.26. The molecule has 5 N–H and O–H groups in total. The number of anilines is 1. The van der Waals surface area contributed by atoms with Crippen LogP contribution in [0.1, 0.15) is 18.7 Å². The molecule has 0 aliphatic carbocycles. The van der Waals surface area contributed by atoms with Crippen LogP contribution in [-0.2, 0) is 14.3 Å². The van der Waals surface area contributed by atoms with Gasteiger partial charge in [-0.1, -0.05) is 0 Å². The van der Waals surface area contributed by atoms with Crippen LogP contribution in [0.25, 0.3) is 0 Å². The number of carbonyl (C=O) groups is 3. The highest BCUT2D eigenvalue weighted by Crippen LogP contribution is 2.21. The first-order chi connectivity index (χ1) is 9.12. The lowest BCUT2D eigenvalue weighted by molar-refractivity contribution is -0.145. The van der Waals surface area contributed by atoms with Crippen LogP contribution >= 0.6 is 11.3 Å². The van der Waals surface area contributed by atoms with E-state index in [0.717, 1.165) is 11.3 Å². The molecule has 1 aromatic heterocycles. The van der Waals surface area contributed by atoms with Crippen molar-refractivity contribution >= 4 is 34.9 Å². The molecule has 0 bridgehead atoms. The number of nitrogens with one attached hydrogen (secondary N) is 3. The van der Waals surface area contributed by atoms with Gasteiger partial charge in [0.15, 0.2) is 11.2 Å². The molecule has 0 saturated carbocycles. The van der Waals surface area contributed by atoms with Gasteiger partial charge in [-0.25, -0.2) is 20.4 Å². The van der Waals surface area contributed by atoms with E-state index in [9.17, 15) is 14.4 Å². The molecule has 1 atom stereocenters. The maximum absolute atomic E-state index is 11.7. The van der Waals surface area contributed by atoms with Crippen molar-refractivity contribution in [3.63, 3.8) is 0 Å². The predicted molar refractivity (Wildman–Crippen MR) is 67.0 cm³/mol. The zero-order chi connectivity index (χ0) is 14.3. The minimum Gasteiger partial charge on any atom is -0.464 e. The molecule has 0 aliphatic heterocycles. The number of thiazole rings is 1. The number of carbonyl (C=O) groups excluding carboxylic acids is 3. The molecule has 3 amide bonds. The van der Waals surface area contributed by atoms with Crippen molar-refractivity contribution < 1.29 is 19.1 Å². The summed E-state index contributed by atoms with van der Waals surface area (Å²) >= 11 is 1.11. The van der Waals surface area contributed by atoms with Crippen LogP contribution in [0, 0.1) is 0 Å². The second kappa shape index (κ2) is 7.28. The maximum Gasteiger partial charge on any atom is 0.335 e. The van der Waals surface area contributed by atoms with Gasteiger partial charge in [0.25, 0.3) is 0 Å². The Kier molecular flexibility index (Phi) is 5.70. The van der Waals surface area contributed by atoms with Gasteiger partial charge in [-0.15, -0.1) is 11.3 Å². The van der Waals surface area contributed by atoms with E-state index >= 15 is 0 Å². The molecule has 104 valence electrons. The van der Waals surface area contributed by atoms with Gasteiger partial charge in [0, 0.05) is 5.38 Å². The highest BCUT2D eigenvalue weighted by molar-refractivity contribution is 7.13. The van der Waals surface area contributed by atoms with Gasteiger partial charge in [0.05, 0.1) is 12.3 Å². The number of aromatic nitrogens is 1. The summed E-state index contributed by atoms with van der Waals surface area (Å²) in [4.78, 5) is 37.2. The minimum atomic E-state index is -1.10. The number of ether oxygens (including phenoxy) is 1. The second-order valence-corrected chi connectivity index (χ2v) is 4.00. The maximum atomic E-state index is 11.7. The standard InChI is InChI=1S/C9H13N5O4S/c1-2-18-7(16)6(13-8(17)14-10)5-3-19-9(12-5)11-4-15/h3-4,6H,2,10H2,1H3,(H,11,12,15)(H2,13,14,17). The summed E-state index contributed by atoms with van der Waals surface area (Å²) in [5.74, 6) is 4.26. The Labute approximate surface area is 112 Å². The zero-order valence-electron chi connectivity index (χ0n) is 10.0. The molecule has 0 aliphatic rings. The van der Waals surface area contributed by atoms with E-state index in [1.54, 1.807) is 6.92 Å². The number of urea groups is 1. The van der Waals surface area contributed by atoms with Crippen molar-refractivity contribution in [1.29, 1.82) is 0 Å². The van der Waals surface area contributed by atoms with Crippen molar-refractivity contribution in [2.75, 3.05) is 11.9 Å². The van der Waals surface area contributed by atoms with E-state index in [1.807, 2.05) is 5.43 Å². The smallest absolute Gasteiger partial charge is 0.335 e. The quantitative estimate of drug-likeness (QED) is 0.183. The Morgan fingerprint density at radius 3 is 2.95 bits per heavy atom. The molecule has 0 aromatic carbocycles. The van der Waals surface area contributed by atoms with Gasteiger partial charge in [0.1, 0.15) is 0 Å². The number of amides is 3. The highest BCUT2D eigenvalue weighted by atomic mass is 32.1. The van der Waals surface area contributed by atoms with E-state index in [2.05, 4.69) is 15.6 Å². The van der Waals surface area contributed by atoms with Crippen LogP contribution in [0.4, 0.5) is 9.93 Å². The number of hydrazine groups is 1. The van der Waals surface area contributed by atoms with E-state index in [-0.39, 0.29) is 12.3 Å². The Morgan fingerprint density at radius 2 is 2.37 bits per heavy atom. The molecule has 10 heteroatoms. The third kappa shape index (κ3) is 4.19. The molecule has 0 radical (unpaired) electrons. The first-order valence-corrected chi connectivity index (χ1v) is 6.09. The number of esters is 1. The zero-order valence-corrected chi connectivity index (χ0v) is 10.8. The molecule has 0 saturated heterocycles. The summed E-state index contributed by atoms with van der Waals surface area (Å²) in [6.07, 6.45) is 0.460. The summed E-state index contributed by atoms with van der Waals surface area (Å²) in [5.41, 5.74) is 2.09. The molecule has 9 nitrogen and oxygen atoms in total. The summed E-state index contributed by atoms with van der Waals surface area (Å²) < 4.78 is 4.83. The molecule has 1 heterocycles. The monoisotopic (exact) mass is 287 g/mol. The molecule has 1 unspecified atom stereocenters. The van der Waals surface area contributed by atoms with Gasteiger partial charge in [0.2, 0.25) is 6.41 Å². The van der Waals surface area contributed by atoms with E-state index in [4.69, 9.17) is 10.6 Å². The van der Waals surface area contributed by atoms with Crippen molar-refractivity contribution in [2.24, 2.45) is 5.84 Å². The van der Waals surface area contributed by atoms with Crippen molar-refractivity contribution in [2.45, 2.75) is 13.0 Å². The number of nitrogens with zero attached hydrogens (tertiary/aromatic N) is 1. The van der Waals surface area contributed by atoms with Crippen LogP contribution in [0.5, 0.6) is 0 Å². The lowest BCUT2D eigenvalue weighted by atomic mass is 10.2. The fourth-order valence-corrected chi connectivity index (χ4v) is 1.88. The van der Waals surface area contributed by atoms with Crippen LogP contribution in [0.3, 0.4) is 0 Å². The lowest BCUT2D eigenvalue weighted by Gasteiger charge is -2.14. The van der Waals surface area contributed by atoms with Crippen LogP contribution in [-0.4, -0.2) is 30.0 Å². The van der Waals surface area contributed by atoms with E-state index in [1.165, 1.54) is 5.38 Å². The fraction of sp³-hybridized carbons (Fsp3) is 0.333. The Bertz CT molecular complexity index is 463. The summed E-state index contributed by atoms with van der Waals surface area (Å²) in [6.45, 7) is 1.79. The molecule has 0 fully saturated rings. The van der Waals surface area contributed by atoms with Gasteiger partial charge < -0.3 is 15.4 Å². The average molecular weight is 287 g/mol. The SMILES string of the molecule is CCOC(=O)C(NC(=O)NN)c1csc(NC=O)n1.